The summed E-state index contributed by atoms with van der Waals surface area (Å²) in [4.78, 5) is 13.2. The summed E-state index contributed by atoms with van der Waals surface area (Å²) in [6, 6.07) is 8.21. The first-order chi connectivity index (χ1) is 7.24. The van der Waals surface area contributed by atoms with Crippen LogP contribution in [-0.4, -0.2) is 23.9 Å². The lowest BCUT2D eigenvalue weighted by Crippen LogP contribution is -2.48. The van der Waals surface area contributed by atoms with Gasteiger partial charge >= 0.3 is 0 Å². The molecule has 80 valence electrons. The Morgan fingerprint density at radius 3 is 2.80 bits per heavy atom. The zero-order valence-electron chi connectivity index (χ0n) is 8.32. The molecule has 2 N–H and O–H groups in total. The maximum absolute atomic E-state index is 11.4. The third kappa shape index (κ3) is 1.92. The molecule has 1 aromatic carbocycles. The zero-order chi connectivity index (χ0) is 10.8. The fourth-order valence-electron chi connectivity index (χ4n) is 1.90. The largest absolute Gasteiger partial charge is 0.334 e. The van der Waals surface area contributed by atoms with E-state index in [4.69, 9.17) is 5.73 Å². The molecule has 2 rings (SSSR count). The Kier molecular flexibility index (Phi) is 3.07. The summed E-state index contributed by atoms with van der Waals surface area (Å²) in [6.07, 6.45) is 0.600. The molecule has 1 fully saturated rings. The average molecular weight is 269 g/mol. The Morgan fingerprint density at radius 1 is 1.47 bits per heavy atom. The molecule has 0 aromatic heterocycles. The summed E-state index contributed by atoms with van der Waals surface area (Å²) in [5.41, 5.74) is 6.65. The molecule has 1 aliphatic heterocycles. The minimum Gasteiger partial charge on any atom is -0.334 e. The molecule has 0 aliphatic carbocycles. The number of nitrogens with zero attached hydrogens (tertiary/aromatic N) is 1. The van der Waals surface area contributed by atoms with Gasteiger partial charge in [-0.3, -0.25) is 4.79 Å². The second-order valence-electron chi connectivity index (χ2n) is 3.62. The molecule has 1 aliphatic rings. The molecule has 1 amide bonds. The lowest BCUT2D eigenvalue weighted by Gasteiger charge is -2.41. The molecule has 0 saturated carbocycles. The van der Waals surface area contributed by atoms with Gasteiger partial charge < -0.3 is 10.6 Å². The monoisotopic (exact) mass is 268 g/mol. The summed E-state index contributed by atoms with van der Waals surface area (Å²) < 4.78 is 1.06. The predicted molar refractivity (Wildman–Crippen MR) is 62.3 cm³/mol. The molecule has 0 radical (unpaired) electrons. The molecule has 1 unspecified atom stereocenters. The van der Waals surface area contributed by atoms with Gasteiger partial charge in [-0.2, -0.15) is 0 Å². The second-order valence-corrected chi connectivity index (χ2v) is 4.47. The number of hydrogen-bond acceptors (Lipinski definition) is 2. The highest BCUT2D eigenvalue weighted by atomic mass is 79.9. The van der Waals surface area contributed by atoms with Crippen LogP contribution in [-0.2, 0) is 4.79 Å². The first-order valence-electron chi connectivity index (χ1n) is 4.98. The molecule has 15 heavy (non-hydrogen) atoms. The number of benzene rings is 1. The third-order valence-corrected chi connectivity index (χ3v) is 3.42. The van der Waals surface area contributed by atoms with E-state index in [2.05, 4.69) is 15.9 Å². The van der Waals surface area contributed by atoms with Crippen LogP contribution in [0.25, 0.3) is 0 Å². The van der Waals surface area contributed by atoms with E-state index in [1.165, 1.54) is 5.56 Å². The molecular weight excluding hydrogens is 256 g/mol. The molecule has 4 heteroatoms. The van der Waals surface area contributed by atoms with E-state index in [0.717, 1.165) is 4.47 Å². The molecule has 0 bridgehead atoms. The van der Waals surface area contributed by atoms with Crippen molar-refractivity contribution in [1.82, 2.24) is 4.90 Å². The maximum atomic E-state index is 11.4. The van der Waals surface area contributed by atoms with Gasteiger partial charge in [0.05, 0.1) is 12.5 Å². The summed E-state index contributed by atoms with van der Waals surface area (Å²) in [6.45, 7) is 1.16. The van der Waals surface area contributed by atoms with Gasteiger partial charge in [0, 0.05) is 17.6 Å². The number of rotatable bonds is 3. The highest BCUT2D eigenvalue weighted by molar-refractivity contribution is 9.10. The van der Waals surface area contributed by atoms with E-state index >= 15 is 0 Å². The lowest BCUT2D eigenvalue weighted by atomic mass is 9.94. The minimum atomic E-state index is 0.196. The summed E-state index contributed by atoms with van der Waals surface area (Å²) >= 11 is 3.50. The smallest absolute Gasteiger partial charge is 0.225 e. The molecule has 1 heterocycles. The van der Waals surface area contributed by atoms with Crippen molar-refractivity contribution in [2.75, 3.05) is 13.1 Å². The van der Waals surface area contributed by atoms with Crippen LogP contribution in [0.15, 0.2) is 28.7 Å². The van der Waals surface area contributed by atoms with Crippen molar-refractivity contribution in [3.63, 3.8) is 0 Å². The Morgan fingerprint density at radius 2 is 2.20 bits per heavy atom. The van der Waals surface area contributed by atoms with Crippen molar-refractivity contribution in [3.8, 4) is 0 Å². The van der Waals surface area contributed by atoms with Crippen LogP contribution in [0.1, 0.15) is 18.0 Å². The Labute approximate surface area is 97.4 Å². The Bertz CT molecular complexity index is 381. The summed E-state index contributed by atoms with van der Waals surface area (Å²) in [7, 11) is 0. The van der Waals surface area contributed by atoms with Gasteiger partial charge in [-0.15, -0.1) is 0 Å². The molecule has 1 aromatic rings. The molecule has 0 spiro atoms. The molecular formula is C11H13BrN2O. The number of β-lactam (4-membered cyclic amide) rings is 1. The standard InChI is InChI=1S/C11H13BrN2O/c12-9-4-2-1-3-8(9)10-7-11(15)14(10)6-5-13/h1-4,10H,5-7,13H2. The number of nitrogens with two attached hydrogens (primary N) is 1. The lowest BCUT2D eigenvalue weighted by molar-refractivity contribution is -0.146. The van der Waals surface area contributed by atoms with E-state index in [1.54, 1.807) is 0 Å². The first kappa shape index (κ1) is 10.6. The van der Waals surface area contributed by atoms with Gasteiger partial charge in [0.15, 0.2) is 0 Å². The van der Waals surface area contributed by atoms with E-state index in [0.29, 0.717) is 19.5 Å². The third-order valence-electron chi connectivity index (χ3n) is 2.70. The van der Waals surface area contributed by atoms with Crippen molar-refractivity contribution in [1.29, 1.82) is 0 Å². The highest BCUT2D eigenvalue weighted by Crippen LogP contribution is 2.37. The van der Waals surface area contributed by atoms with Crippen LogP contribution in [0.3, 0.4) is 0 Å². The van der Waals surface area contributed by atoms with Gasteiger partial charge in [0.25, 0.3) is 0 Å². The number of amides is 1. The van der Waals surface area contributed by atoms with Crippen LogP contribution in [0.4, 0.5) is 0 Å². The molecule has 1 saturated heterocycles. The fraction of sp³-hybridized carbons (Fsp3) is 0.364. The summed E-state index contributed by atoms with van der Waals surface area (Å²) in [5.74, 6) is 0.196. The van der Waals surface area contributed by atoms with Gasteiger partial charge in [-0.05, 0) is 11.6 Å². The van der Waals surface area contributed by atoms with Crippen molar-refractivity contribution in [2.24, 2.45) is 5.73 Å². The number of hydrogen-bond donors (Lipinski definition) is 1. The van der Waals surface area contributed by atoms with E-state index in [-0.39, 0.29) is 11.9 Å². The number of halogens is 1. The van der Waals surface area contributed by atoms with Gasteiger partial charge in [-0.1, -0.05) is 34.1 Å². The Hall–Kier alpha value is -0.870. The first-order valence-corrected chi connectivity index (χ1v) is 5.77. The van der Waals surface area contributed by atoms with E-state index in [9.17, 15) is 4.79 Å². The second kappa shape index (κ2) is 4.33. The number of likely N-dealkylation sites (tertiary alicyclic amines) is 1. The fourth-order valence-corrected chi connectivity index (χ4v) is 2.45. The van der Waals surface area contributed by atoms with Crippen molar-refractivity contribution in [2.45, 2.75) is 12.5 Å². The molecule has 1 atom stereocenters. The molecule has 3 nitrogen and oxygen atoms in total. The quantitative estimate of drug-likeness (QED) is 0.849. The number of carbonyl (C=O) groups is 1. The highest BCUT2D eigenvalue weighted by Gasteiger charge is 2.37. The predicted octanol–water partition coefficient (Wildman–Crippen LogP) is 1.68. The summed E-state index contributed by atoms with van der Waals surface area (Å²) in [5, 5.41) is 0. The van der Waals surface area contributed by atoms with Gasteiger partial charge in [-0.25, -0.2) is 0 Å². The topological polar surface area (TPSA) is 46.3 Å². The normalized spacial score (nSPS) is 20.3. The van der Waals surface area contributed by atoms with Crippen LogP contribution in [0, 0.1) is 0 Å². The maximum Gasteiger partial charge on any atom is 0.225 e. The van der Waals surface area contributed by atoms with Crippen LogP contribution < -0.4 is 5.73 Å². The SMILES string of the molecule is NCCN1C(=O)CC1c1ccccc1Br. The average Bonchev–Trinajstić information content (AvgIpc) is 2.24. The Balaban J connectivity index is 2.19. The van der Waals surface area contributed by atoms with Crippen molar-refractivity contribution >= 4 is 21.8 Å². The van der Waals surface area contributed by atoms with E-state index in [1.807, 2.05) is 29.2 Å². The van der Waals surface area contributed by atoms with Crippen molar-refractivity contribution in [3.05, 3.63) is 34.3 Å². The van der Waals surface area contributed by atoms with E-state index < -0.39 is 0 Å². The van der Waals surface area contributed by atoms with Crippen LogP contribution in [0.5, 0.6) is 0 Å². The zero-order valence-corrected chi connectivity index (χ0v) is 9.90. The van der Waals surface area contributed by atoms with Crippen LogP contribution in [0.2, 0.25) is 0 Å². The van der Waals surface area contributed by atoms with Gasteiger partial charge in [0.1, 0.15) is 0 Å². The number of carbonyl (C=O) groups excluding carboxylic acids is 1. The minimum absolute atomic E-state index is 0.196. The van der Waals surface area contributed by atoms with Crippen molar-refractivity contribution < 1.29 is 4.79 Å². The van der Waals surface area contributed by atoms with Gasteiger partial charge in [0.2, 0.25) is 5.91 Å². The van der Waals surface area contributed by atoms with Crippen LogP contribution >= 0.6 is 15.9 Å².